The van der Waals surface area contributed by atoms with Crippen molar-refractivity contribution in [3.8, 4) is 17.1 Å². The fourth-order valence-electron chi connectivity index (χ4n) is 1.89. The summed E-state index contributed by atoms with van der Waals surface area (Å²) in [6, 6.07) is 11.4. The van der Waals surface area contributed by atoms with Gasteiger partial charge < -0.3 is 5.73 Å². The molecular formula is C13H8Br3N5. The van der Waals surface area contributed by atoms with Crippen LogP contribution in [0.1, 0.15) is 0 Å². The molecule has 8 heteroatoms. The van der Waals surface area contributed by atoms with Crippen molar-refractivity contribution in [3.05, 3.63) is 49.8 Å². The molecule has 0 bridgehead atoms. The fourth-order valence-corrected chi connectivity index (χ4v) is 3.09. The molecule has 0 aliphatic rings. The number of hydrogen-bond donors (Lipinski definition) is 1. The van der Waals surface area contributed by atoms with E-state index in [2.05, 4.69) is 63.3 Å². The van der Waals surface area contributed by atoms with E-state index in [1.54, 1.807) is 4.68 Å². The van der Waals surface area contributed by atoms with Crippen LogP contribution in [0.3, 0.4) is 0 Å². The second-order valence-corrected chi connectivity index (χ2v) is 6.78. The molecule has 0 saturated carbocycles. The standard InChI is InChI=1S/C13H8Br3N5/c14-7-4-5-9(15)11(6-7)21-13(18-19-20-21)8-2-1-3-10(17)12(8)16/h1-6H,17H2. The SMILES string of the molecule is Nc1cccc(-c2nnnn2-c2cc(Br)ccc2Br)c1Br. The summed E-state index contributed by atoms with van der Waals surface area (Å²) in [7, 11) is 0. The topological polar surface area (TPSA) is 69.6 Å². The quantitative estimate of drug-likeness (QED) is 0.566. The molecule has 106 valence electrons. The summed E-state index contributed by atoms with van der Waals surface area (Å²) in [6.45, 7) is 0. The Morgan fingerprint density at radius 2 is 1.86 bits per heavy atom. The van der Waals surface area contributed by atoms with E-state index in [1.807, 2.05) is 36.4 Å². The van der Waals surface area contributed by atoms with E-state index in [0.29, 0.717) is 11.5 Å². The molecule has 0 unspecified atom stereocenters. The third kappa shape index (κ3) is 2.75. The zero-order valence-electron chi connectivity index (χ0n) is 10.5. The van der Waals surface area contributed by atoms with Gasteiger partial charge in [0.05, 0.1) is 10.2 Å². The van der Waals surface area contributed by atoms with Crippen LogP contribution in [0.25, 0.3) is 17.1 Å². The van der Waals surface area contributed by atoms with Crippen LogP contribution in [-0.4, -0.2) is 20.2 Å². The first-order valence-electron chi connectivity index (χ1n) is 5.86. The Balaban J connectivity index is 2.22. The molecule has 2 N–H and O–H groups in total. The number of tetrazole rings is 1. The smallest absolute Gasteiger partial charge is 0.188 e. The molecule has 0 aliphatic heterocycles. The number of anilines is 1. The number of aromatic nitrogens is 4. The van der Waals surface area contributed by atoms with Crippen molar-refractivity contribution < 1.29 is 0 Å². The van der Waals surface area contributed by atoms with Gasteiger partial charge in [-0.15, -0.1) is 5.10 Å². The normalized spacial score (nSPS) is 10.8. The fraction of sp³-hybridized carbons (Fsp3) is 0. The highest BCUT2D eigenvalue weighted by molar-refractivity contribution is 9.11. The lowest BCUT2D eigenvalue weighted by Crippen LogP contribution is -2.02. The number of hydrogen-bond acceptors (Lipinski definition) is 4. The molecule has 3 rings (SSSR count). The Morgan fingerprint density at radius 1 is 1.05 bits per heavy atom. The van der Waals surface area contributed by atoms with E-state index in [0.717, 1.165) is 24.7 Å². The molecule has 0 fully saturated rings. The number of halogens is 3. The third-order valence-electron chi connectivity index (χ3n) is 2.88. The lowest BCUT2D eigenvalue weighted by Gasteiger charge is -2.09. The maximum atomic E-state index is 5.93. The molecular weight excluding hydrogens is 466 g/mol. The summed E-state index contributed by atoms with van der Waals surface area (Å²) in [5.41, 5.74) is 8.22. The van der Waals surface area contributed by atoms with E-state index in [1.165, 1.54) is 0 Å². The van der Waals surface area contributed by atoms with Crippen molar-refractivity contribution in [3.63, 3.8) is 0 Å². The average Bonchev–Trinajstić information content (AvgIpc) is 2.93. The van der Waals surface area contributed by atoms with Crippen molar-refractivity contribution in [1.29, 1.82) is 0 Å². The van der Waals surface area contributed by atoms with Crippen molar-refractivity contribution in [1.82, 2.24) is 20.2 Å². The van der Waals surface area contributed by atoms with Crippen LogP contribution in [0.15, 0.2) is 49.8 Å². The van der Waals surface area contributed by atoms with Gasteiger partial charge in [0.25, 0.3) is 0 Å². The number of nitrogens with zero attached hydrogens (tertiary/aromatic N) is 4. The maximum Gasteiger partial charge on any atom is 0.188 e. The van der Waals surface area contributed by atoms with E-state index in [4.69, 9.17) is 5.73 Å². The summed E-state index contributed by atoms with van der Waals surface area (Å²) >= 11 is 10.5. The molecule has 21 heavy (non-hydrogen) atoms. The van der Waals surface area contributed by atoms with Gasteiger partial charge in [0, 0.05) is 20.2 Å². The van der Waals surface area contributed by atoms with Gasteiger partial charge >= 0.3 is 0 Å². The lowest BCUT2D eigenvalue weighted by molar-refractivity contribution is 0.788. The zero-order valence-corrected chi connectivity index (χ0v) is 15.2. The predicted octanol–water partition coefficient (Wildman–Crippen LogP) is 4.20. The van der Waals surface area contributed by atoms with Gasteiger partial charge in [0.1, 0.15) is 0 Å². The number of nitrogens with two attached hydrogens (primary N) is 1. The van der Waals surface area contributed by atoms with Crippen LogP contribution in [0.4, 0.5) is 5.69 Å². The Bertz CT molecular complexity index is 799. The highest BCUT2D eigenvalue weighted by Crippen LogP contribution is 2.33. The first-order chi connectivity index (χ1) is 10.1. The van der Waals surface area contributed by atoms with Gasteiger partial charge in [-0.25, -0.2) is 0 Å². The Kier molecular flexibility index (Phi) is 4.10. The van der Waals surface area contributed by atoms with Gasteiger partial charge in [-0.1, -0.05) is 22.0 Å². The van der Waals surface area contributed by atoms with Crippen molar-refractivity contribution >= 4 is 53.5 Å². The van der Waals surface area contributed by atoms with E-state index in [-0.39, 0.29) is 0 Å². The largest absolute Gasteiger partial charge is 0.398 e. The van der Waals surface area contributed by atoms with Crippen molar-refractivity contribution in [2.75, 3.05) is 5.73 Å². The minimum absolute atomic E-state index is 0.605. The Labute approximate surface area is 145 Å². The first kappa shape index (κ1) is 14.7. The van der Waals surface area contributed by atoms with Gasteiger partial charge in [0.15, 0.2) is 5.82 Å². The van der Waals surface area contributed by atoms with Crippen LogP contribution in [0.2, 0.25) is 0 Å². The molecule has 0 radical (unpaired) electrons. The van der Waals surface area contributed by atoms with Crippen LogP contribution < -0.4 is 5.73 Å². The maximum absolute atomic E-state index is 5.93. The lowest BCUT2D eigenvalue weighted by atomic mass is 10.2. The number of rotatable bonds is 2. The number of nitrogen functional groups attached to an aromatic ring is 1. The second-order valence-electron chi connectivity index (χ2n) is 4.22. The van der Waals surface area contributed by atoms with Crippen LogP contribution in [0, 0.1) is 0 Å². The average molecular weight is 474 g/mol. The third-order valence-corrected chi connectivity index (χ3v) is 4.92. The van der Waals surface area contributed by atoms with Gasteiger partial charge in [0.2, 0.25) is 0 Å². The van der Waals surface area contributed by atoms with Gasteiger partial charge in [-0.2, -0.15) is 4.68 Å². The summed E-state index contributed by atoms with van der Waals surface area (Å²) in [5, 5.41) is 12.0. The molecule has 1 aromatic heterocycles. The van der Waals surface area contributed by atoms with Gasteiger partial charge in [-0.05, 0) is 72.6 Å². The molecule has 0 spiro atoms. The van der Waals surface area contributed by atoms with E-state index in [9.17, 15) is 0 Å². The molecule has 0 atom stereocenters. The van der Waals surface area contributed by atoms with Crippen LogP contribution in [0.5, 0.6) is 0 Å². The molecule has 3 aromatic rings. The van der Waals surface area contributed by atoms with Gasteiger partial charge in [-0.3, -0.25) is 0 Å². The summed E-state index contributed by atoms with van der Waals surface area (Å²) in [6.07, 6.45) is 0. The molecule has 0 aliphatic carbocycles. The predicted molar refractivity (Wildman–Crippen MR) is 92.1 cm³/mol. The Morgan fingerprint density at radius 3 is 2.67 bits per heavy atom. The summed E-state index contributed by atoms with van der Waals surface area (Å²) < 4.78 is 4.26. The monoisotopic (exact) mass is 471 g/mol. The van der Waals surface area contributed by atoms with Crippen molar-refractivity contribution in [2.45, 2.75) is 0 Å². The summed E-state index contributed by atoms with van der Waals surface area (Å²) in [5.74, 6) is 0.605. The van der Waals surface area contributed by atoms with E-state index < -0.39 is 0 Å². The van der Waals surface area contributed by atoms with Crippen LogP contribution in [-0.2, 0) is 0 Å². The molecule has 5 nitrogen and oxygen atoms in total. The van der Waals surface area contributed by atoms with Crippen LogP contribution >= 0.6 is 47.8 Å². The second kappa shape index (κ2) is 5.86. The minimum atomic E-state index is 0.605. The Hall–Kier alpha value is -1.25. The zero-order chi connectivity index (χ0) is 15.0. The number of benzene rings is 2. The highest BCUT2D eigenvalue weighted by Gasteiger charge is 2.16. The molecule has 0 saturated heterocycles. The molecule has 2 aromatic carbocycles. The van der Waals surface area contributed by atoms with Crippen molar-refractivity contribution in [2.24, 2.45) is 0 Å². The molecule has 0 amide bonds. The summed E-state index contributed by atoms with van der Waals surface area (Å²) in [4.78, 5) is 0. The molecule has 1 heterocycles. The van der Waals surface area contributed by atoms with E-state index >= 15 is 0 Å². The minimum Gasteiger partial charge on any atom is -0.398 e. The first-order valence-corrected chi connectivity index (χ1v) is 8.24. The highest BCUT2D eigenvalue weighted by atomic mass is 79.9.